The van der Waals surface area contributed by atoms with E-state index in [9.17, 15) is 9.59 Å². The van der Waals surface area contributed by atoms with Crippen LogP contribution < -0.4 is 5.73 Å². The molecule has 0 aliphatic carbocycles. The number of carbonyl (C=O) groups excluding carboxylic acids is 2. The van der Waals surface area contributed by atoms with Gasteiger partial charge in [-0.05, 0) is 30.2 Å². The molecule has 0 saturated carbocycles. The third-order valence-electron chi connectivity index (χ3n) is 4.53. The molecule has 0 radical (unpaired) electrons. The molecule has 0 aromatic heterocycles. The maximum atomic E-state index is 12.8. The zero-order chi connectivity index (χ0) is 16.2. The fourth-order valence-electron chi connectivity index (χ4n) is 3.24. The van der Waals surface area contributed by atoms with Gasteiger partial charge in [0.1, 0.15) is 0 Å². The number of amides is 2. The lowest BCUT2D eigenvalue weighted by Crippen LogP contribution is -2.47. The summed E-state index contributed by atoms with van der Waals surface area (Å²) < 4.78 is 0. The van der Waals surface area contributed by atoms with E-state index in [1.165, 1.54) is 0 Å². The smallest absolute Gasteiger partial charge is 0.223 e. The number of primary amides is 1. The summed E-state index contributed by atoms with van der Waals surface area (Å²) in [6.07, 6.45) is 3.67. The van der Waals surface area contributed by atoms with Crippen LogP contribution in [0.25, 0.3) is 0 Å². The van der Waals surface area contributed by atoms with Crippen LogP contribution in [-0.4, -0.2) is 29.3 Å². The van der Waals surface area contributed by atoms with Gasteiger partial charge in [0, 0.05) is 25.4 Å². The first kappa shape index (κ1) is 16.5. The average Bonchev–Trinajstić information content (AvgIpc) is 2.47. The quantitative estimate of drug-likeness (QED) is 0.908. The van der Waals surface area contributed by atoms with Crippen molar-refractivity contribution in [3.8, 4) is 0 Å². The topological polar surface area (TPSA) is 63.4 Å². The summed E-state index contributed by atoms with van der Waals surface area (Å²) >= 11 is 0. The number of benzene rings is 1. The van der Waals surface area contributed by atoms with Crippen LogP contribution >= 0.6 is 0 Å². The van der Waals surface area contributed by atoms with Crippen LogP contribution in [0, 0.1) is 0 Å². The number of nitrogens with two attached hydrogens (primary N) is 1. The first-order chi connectivity index (χ1) is 10.4. The van der Waals surface area contributed by atoms with Crippen LogP contribution in [0.2, 0.25) is 0 Å². The van der Waals surface area contributed by atoms with Crippen LogP contribution in [0.4, 0.5) is 0 Å². The minimum Gasteiger partial charge on any atom is -0.370 e. The molecular weight excluding hydrogens is 276 g/mol. The summed E-state index contributed by atoms with van der Waals surface area (Å²) in [5.74, 6) is -0.202. The number of likely N-dealkylation sites (tertiary alicyclic amines) is 1. The first-order valence-electron chi connectivity index (χ1n) is 8.03. The van der Waals surface area contributed by atoms with Crippen LogP contribution in [0.3, 0.4) is 0 Å². The van der Waals surface area contributed by atoms with Gasteiger partial charge >= 0.3 is 0 Å². The molecule has 0 spiro atoms. The van der Waals surface area contributed by atoms with E-state index in [4.69, 9.17) is 5.73 Å². The number of rotatable bonds is 5. The summed E-state index contributed by atoms with van der Waals surface area (Å²) in [4.78, 5) is 25.9. The van der Waals surface area contributed by atoms with E-state index in [1.807, 2.05) is 23.1 Å². The third kappa shape index (κ3) is 4.09. The zero-order valence-electron chi connectivity index (χ0n) is 13.5. The summed E-state index contributed by atoms with van der Waals surface area (Å²) in [7, 11) is 0. The minimum absolute atomic E-state index is 0.0228. The molecule has 120 valence electrons. The van der Waals surface area contributed by atoms with E-state index >= 15 is 0 Å². The molecule has 1 aromatic rings. The van der Waals surface area contributed by atoms with Crippen LogP contribution in [-0.2, 0) is 15.0 Å². The Hall–Kier alpha value is -1.84. The Kier molecular flexibility index (Phi) is 5.22. The molecule has 2 N–H and O–H groups in total. The molecule has 22 heavy (non-hydrogen) atoms. The van der Waals surface area contributed by atoms with Crippen LogP contribution in [0.1, 0.15) is 51.5 Å². The van der Waals surface area contributed by atoms with E-state index in [0.717, 1.165) is 31.4 Å². The molecule has 1 aromatic carbocycles. The van der Waals surface area contributed by atoms with Gasteiger partial charge in [0.25, 0.3) is 0 Å². The molecule has 4 heteroatoms. The Morgan fingerprint density at radius 3 is 2.55 bits per heavy atom. The third-order valence-corrected chi connectivity index (χ3v) is 4.53. The maximum absolute atomic E-state index is 12.8. The molecule has 1 fully saturated rings. The monoisotopic (exact) mass is 302 g/mol. The van der Waals surface area contributed by atoms with Crippen molar-refractivity contribution in [1.82, 2.24) is 4.90 Å². The molecule has 1 saturated heterocycles. The Bertz CT molecular complexity index is 525. The molecule has 1 heterocycles. The molecule has 2 amide bonds. The van der Waals surface area contributed by atoms with Crippen molar-refractivity contribution in [3.05, 3.63) is 35.9 Å². The molecule has 1 aliphatic rings. The van der Waals surface area contributed by atoms with E-state index in [0.29, 0.717) is 6.42 Å². The maximum Gasteiger partial charge on any atom is 0.223 e. The van der Waals surface area contributed by atoms with E-state index < -0.39 is 0 Å². The molecule has 4 nitrogen and oxygen atoms in total. The van der Waals surface area contributed by atoms with Gasteiger partial charge in [-0.3, -0.25) is 9.59 Å². The second-order valence-electron chi connectivity index (χ2n) is 6.83. The van der Waals surface area contributed by atoms with Crippen LogP contribution in [0.15, 0.2) is 30.3 Å². The highest BCUT2D eigenvalue weighted by molar-refractivity contribution is 5.80. The van der Waals surface area contributed by atoms with Crippen molar-refractivity contribution >= 4 is 11.8 Å². The average molecular weight is 302 g/mol. The van der Waals surface area contributed by atoms with Crippen molar-refractivity contribution in [2.45, 2.75) is 57.4 Å². The fourth-order valence-corrected chi connectivity index (χ4v) is 3.24. The largest absolute Gasteiger partial charge is 0.370 e. The molecule has 1 atom stereocenters. The van der Waals surface area contributed by atoms with E-state index in [-0.39, 0.29) is 29.7 Å². The number of nitrogens with zero attached hydrogens (tertiary/aromatic N) is 1. The van der Waals surface area contributed by atoms with Crippen LogP contribution in [0.5, 0.6) is 0 Å². The van der Waals surface area contributed by atoms with E-state index in [1.54, 1.807) is 0 Å². The summed E-state index contributed by atoms with van der Waals surface area (Å²) in [6.45, 7) is 4.92. The van der Waals surface area contributed by atoms with Gasteiger partial charge in [-0.15, -0.1) is 0 Å². The molecule has 1 aliphatic heterocycles. The summed E-state index contributed by atoms with van der Waals surface area (Å²) in [5, 5.41) is 0. The van der Waals surface area contributed by atoms with Crippen molar-refractivity contribution in [3.63, 3.8) is 0 Å². The standard InChI is InChI=1S/C18H26N2O2/c1-18(2,14-8-4-3-5-9-14)13-17(22)20-11-7-6-10-15(20)12-16(19)21/h3-5,8-9,15H,6-7,10-13H2,1-2H3,(H2,19,21). The highest BCUT2D eigenvalue weighted by Gasteiger charge is 2.32. The highest BCUT2D eigenvalue weighted by atomic mass is 16.2. The van der Waals surface area contributed by atoms with Gasteiger partial charge in [0.05, 0.1) is 0 Å². The predicted molar refractivity (Wildman–Crippen MR) is 87.2 cm³/mol. The van der Waals surface area contributed by atoms with Gasteiger partial charge in [-0.25, -0.2) is 0 Å². The fraction of sp³-hybridized carbons (Fsp3) is 0.556. The molecule has 1 unspecified atom stereocenters. The van der Waals surface area contributed by atoms with Gasteiger partial charge in [0.15, 0.2) is 0 Å². The Balaban J connectivity index is 2.07. The minimum atomic E-state index is -0.327. The lowest BCUT2D eigenvalue weighted by Gasteiger charge is -2.37. The first-order valence-corrected chi connectivity index (χ1v) is 8.03. The molecule has 2 rings (SSSR count). The number of hydrogen-bond donors (Lipinski definition) is 1. The summed E-state index contributed by atoms with van der Waals surface area (Å²) in [6, 6.07) is 10.1. The lowest BCUT2D eigenvalue weighted by atomic mass is 9.81. The SMILES string of the molecule is CC(C)(CC(=O)N1CCCCC1CC(N)=O)c1ccccc1. The Labute approximate surface area is 132 Å². The van der Waals surface area contributed by atoms with Crippen molar-refractivity contribution in [1.29, 1.82) is 0 Å². The van der Waals surface area contributed by atoms with Crippen molar-refractivity contribution in [2.75, 3.05) is 6.54 Å². The molecule has 0 bridgehead atoms. The van der Waals surface area contributed by atoms with Gasteiger partial charge < -0.3 is 10.6 Å². The Morgan fingerprint density at radius 2 is 1.91 bits per heavy atom. The predicted octanol–water partition coefficient (Wildman–Crippen LogP) is 2.61. The van der Waals surface area contributed by atoms with Gasteiger partial charge in [-0.2, -0.15) is 0 Å². The summed E-state index contributed by atoms with van der Waals surface area (Å²) in [5.41, 5.74) is 6.27. The Morgan fingerprint density at radius 1 is 1.23 bits per heavy atom. The van der Waals surface area contributed by atoms with Gasteiger partial charge in [-0.1, -0.05) is 44.2 Å². The molecular formula is C18H26N2O2. The number of piperidine rings is 1. The van der Waals surface area contributed by atoms with Crippen molar-refractivity contribution < 1.29 is 9.59 Å². The highest BCUT2D eigenvalue weighted by Crippen LogP contribution is 2.29. The second kappa shape index (κ2) is 6.95. The van der Waals surface area contributed by atoms with E-state index in [2.05, 4.69) is 26.0 Å². The number of carbonyl (C=O) groups is 2. The lowest BCUT2D eigenvalue weighted by molar-refractivity contribution is -0.137. The normalized spacial score (nSPS) is 19.0. The van der Waals surface area contributed by atoms with Gasteiger partial charge in [0.2, 0.25) is 11.8 Å². The number of hydrogen-bond acceptors (Lipinski definition) is 2. The van der Waals surface area contributed by atoms with Crippen molar-refractivity contribution in [2.24, 2.45) is 5.73 Å². The zero-order valence-corrected chi connectivity index (χ0v) is 13.5. The second-order valence-corrected chi connectivity index (χ2v) is 6.83.